The lowest BCUT2D eigenvalue weighted by molar-refractivity contribution is 0.0996. The number of hydrogen-bond acceptors (Lipinski definition) is 5. The van der Waals surface area contributed by atoms with Gasteiger partial charge in [-0.25, -0.2) is 4.98 Å². The molecule has 100 valence electrons. The van der Waals surface area contributed by atoms with Crippen molar-refractivity contribution in [1.82, 2.24) is 14.8 Å². The average molecular weight is 260 g/mol. The number of nitrogens with one attached hydrogen (secondary N) is 1. The predicted octanol–water partition coefficient (Wildman–Crippen LogP) is 0.417. The summed E-state index contributed by atoms with van der Waals surface area (Å²) in [6.07, 6.45) is 1.77. The molecule has 1 amide bonds. The van der Waals surface area contributed by atoms with Crippen molar-refractivity contribution in [3.05, 3.63) is 35.3 Å². The number of amides is 1. The third-order valence-electron chi connectivity index (χ3n) is 2.96. The molecular formula is C12H16N6O. The number of nitrogens with zero attached hydrogens (tertiary/aromatic N) is 3. The van der Waals surface area contributed by atoms with Crippen molar-refractivity contribution >= 4 is 17.4 Å². The van der Waals surface area contributed by atoms with E-state index in [1.54, 1.807) is 16.9 Å². The Morgan fingerprint density at radius 2 is 2.21 bits per heavy atom. The second kappa shape index (κ2) is 4.97. The van der Waals surface area contributed by atoms with Gasteiger partial charge in [0.25, 0.3) is 5.91 Å². The number of pyridine rings is 1. The van der Waals surface area contributed by atoms with Crippen LogP contribution in [-0.4, -0.2) is 20.7 Å². The summed E-state index contributed by atoms with van der Waals surface area (Å²) in [4.78, 5) is 15.2. The molecule has 0 saturated carbocycles. The third kappa shape index (κ3) is 2.65. The van der Waals surface area contributed by atoms with Crippen molar-refractivity contribution in [2.24, 2.45) is 12.8 Å². The van der Waals surface area contributed by atoms with E-state index in [1.165, 1.54) is 6.07 Å². The number of primary amides is 1. The Kier molecular flexibility index (Phi) is 3.37. The van der Waals surface area contributed by atoms with E-state index in [0.717, 1.165) is 11.3 Å². The molecule has 2 heterocycles. The molecule has 2 rings (SSSR count). The predicted molar refractivity (Wildman–Crippen MR) is 72.4 cm³/mol. The lowest BCUT2D eigenvalue weighted by Crippen LogP contribution is -2.15. The molecule has 7 heteroatoms. The van der Waals surface area contributed by atoms with Crippen LogP contribution in [0.3, 0.4) is 0 Å². The highest BCUT2D eigenvalue weighted by atomic mass is 16.1. The Labute approximate surface area is 110 Å². The van der Waals surface area contributed by atoms with E-state index in [0.29, 0.717) is 18.1 Å². The molecule has 19 heavy (non-hydrogen) atoms. The summed E-state index contributed by atoms with van der Waals surface area (Å²) in [7, 11) is 1.87. The number of nitrogens with two attached hydrogens (primary N) is 2. The number of rotatable bonds is 4. The van der Waals surface area contributed by atoms with Crippen molar-refractivity contribution in [3.8, 4) is 0 Å². The minimum absolute atomic E-state index is 0.180. The van der Waals surface area contributed by atoms with E-state index in [-0.39, 0.29) is 5.69 Å². The summed E-state index contributed by atoms with van der Waals surface area (Å²) in [5, 5.41) is 7.23. The molecule has 0 unspecified atom stereocenters. The Balaban J connectivity index is 2.17. The molecule has 0 aromatic carbocycles. The van der Waals surface area contributed by atoms with Crippen molar-refractivity contribution in [2.45, 2.75) is 13.5 Å². The molecule has 0 spiro atoms. The molecular weight excluding hydrogens is 244 g/mol. The van der Waals surface area contributed by atoms with Crippen LogP contribution in [0.1, 0.15) is 21.7 Å². The quantitative estimate of drug-likeness (QED) is 0.737. The maximum absolute atomic E-state index is 11.1. The van der Waals surface area contributed by atoms with E-state index in [1.807, 2.05) is 14.0 Å². The van der Waals surface area contributed by atoms with Crippen LogP contribution >= 0.6 is 0 Å². The van der Waals surface area contributed by atoms with Crippen LogP contribution in [0.5, 0.6) is 0 Å². The van der Waals surface area contributed by atoms with Crippen LogP contribution in [0.4, 0.5) is 11.5 Å². The largest absolute Gasteiger partial charge is 0.396 e. The number of carbonyl (C=O) groups is 1. The Morgan fingerprint density at radius 1 is 1.47 bits per heavy atom. The first-order valence-electron chi connectivity index (χ1n) is 5.76. The summed E-state index contributed by atoms with van der Waals surface area (Å²) >= 11 is 0. The van der Waals surface area contributed by atoms with E-state index in [4.69, 9.17) is 11.5 Å². The molecule has 2 aromatic heterocycles. The summed E-state index contributed by atoms with van der Waals surface area (Å²) in [5.74, 6) is -0.139. The van der Waals surface area contributed by atoms with E-state index in [9.17, 15) is 4.79 Å². The number of aryl methyl sites for hydroxylation is 1. The van der Waals surface area contributed by atoms with Crippen LogP contribution in [0.2, 0.25) is 0 Å². The maximum Gasteiger partial charge on any atom is 0.267 e. The molecule has 0 aliphatic carbocycles. The average Bonchev–Trinajstić information content (AvgIpc) is 2.69. The Morgan fingerprint density at radius 3 is 2.79 bits per heavy atom. The summed E-state index contributed by atoms with van der Waals surface area (Å²) in [6.45, 7) is 2.50. The molecule has 2 aromatic rings. The summed E-state index contributed by atoms with van der Waals surface area (Å²) in [5.41, 5.74) is 13.7. The van der Waals surface area contributed by atoms with Crippen molar-refractivity contribution in [3.63, 3.8) is 0 Å². The van der Waals surface area contributed by atoms with Gasteiger partial charge in [0, 0.05) is 24.8 Å². The first-order chi connectivity index (χ1) is 8.99. The van der Waals surface area contributed by atoms with Gasteiger partial charge in [-0.15, -0.1) is 0 Å². The second-order valence-electron chi connectivity index (χ2n) is 4.23. The van der Waals surface area contributed by atoms with Crippen molar-refractivity contribution in [1.29, 1.82) is 0 Å². The molecule has 5 N–H and O–H groups in total. The summed E-state index contributed by atoms with van der Waals surface area (Å²) < 4.78 is 1.79. The van der Waals surface area contributed by atoms with Gasteiger partial charge in [-0.2, -0.15) is 5.10 Å². The molecule has 0 aliphatic heterocycles. The lowest BCUT2D eigenvalue weighted by Gasteiger charge is -2.09. The number of aromatic nitrogens is 3. The number of anilines is 2. The SMILES string of the molecule is Cc1c(CNc2nc(C(N)=O)ccc2N)cnn1C. The highest BCUT2D eigenvalue weighted by molar-refractivity contribution is 5.91. The smallest absolute Gasteiger partial charge is 0.267 e. The monoisotopic (exact) mass is 260 g/mol. The first kappa shape index (κ1) is 12.9. The van der Waals surface area contributed by atoms with Gasteiger partial charge in [-0.05, 0) is 19.1 Å². The zero-order valence-electron chi connectivity index (χ0n) is 10.8. The van der Waals surface area contributed by atoms with Crippen LogP contribution in [0.25, 0.3) is 0 Å². The van der Waals surface area contributed by atoms with Crippen LogP contribution in [0.15, 0.2) is 18.3 Å². The fourth-order valence-electron chi connectivity index (χ4n) is 1.65. The van der Waals surface area contributed by atoms with Gasteiger partial charge in [0.2, 0.25) is 0 Å². The Hall–Kier alpha value is -2.57. The van der Waals surface area contributed by atoms with E-state index >= 15 is 0 Å². The van der Waals surface area contributed by atoms with Crippen molar-refractivity contribution in [2.75, 3.05) is 11.1 Å². The van der Waals surface area contributed by atoms with Gasteiger partial charge in [0.1, 0.15) is 11.5 Å². The topological polar surface area (TPSA) is 112 Å². The van der Waals surface area contributed by atoms with Crippen LogP contribution < -0.4 is 16.8 Å². The highest BCUT2D eigenvalue weighted by Crippen LogP contribution is 2.17. The van der Waals surface area contributed by atoms with Gasteiger partial charge >= 0.3 is 0 Å². The van der Waals surface area contributed by atoms with Crippen molar-refractivity contribution < 1.29 is 4.79 Å². The molecule has 7 nitrogen and oxygen atoms in total. The number of carbonyl (C=O) groups excluding carboxylic acids is 1. The minimum Gasteiger partial charge on any atom is -0.396 e. The van der Waals surface area contributed by atoms with E-state index in [2.05, 4.69) is 15.4 Å². The maximum atomic E-state index is 11.1. The molecule has 0 fully saturated rings. The van der Waals surface area contributed by atoms with Gasteiger partial charge in [-0.3, -0.25) is 9.48 Å². The molecule has 0 atom stereocenters. The van der Waals surface area contributed by atoms with Gasteiger partial charge in [-0.1, -0.05) is 0 Å². The fourth-order valence-corrected chi connectivity index (χ4v) is 1.65. The fraction of sp³-hybridized carbons (Fsp3) is 0.250. The van der Waals surface area contributed by atoms with Gasteiger partial charge in [0.15, 0.2) is 0 Å². The molecule has 0 aliphatic rings. The van der Waals surface area contributed by atoms with E-state index < -0.39 is 5.91 Å². The zero-order chi connectivity index (χ0) is 14.0. The molecule has 0 radical (unpaired) electrons. The normalized spacial score (nSPS) is 10.4. The molecule has 0 bridgehead atoms. The minimum atomic E-state index is -0.583. The number of nitrogen functional groups attached to an aromatic ring is 1. The third-order valence-corrected chi connectivity index (χ3v) is 2.96. The summed E-state index contributed by atoms with van der Waals surface area (Å²) in [6, 6.07) is 3.10. The van der Waals surface area contributed by atoms with Crippen LogP contribution in [0, 0.1) is 6.92 Å². The Bertz CT molecular complexity index is 619. The standard InChI is InChI=1S/C12H16N6O/c1-7-8(6-16-18(7)2)5-15-12-9(13)3-4-10(17-12)11(14)19/h3-4,6H,5,13H2,1-2H3,(H2,14,19)(H,15,17). The first-order valence-corrected chi connectivity index (χ1v) is 5.76. The second-order valence-corrected chi connectivity index (χ2v) is 4.23. The van der Waals surface area contributed by atoms with Crippen LogP contribution in [-0.2, 0) is 13.6 Å². The molecule has 0 saturated heterocycles. The van der Waals surface area contributed by atoms with Gasteiger partial charge < -0.3 is 16.8 Å². The zero-order valence-corrected chi connectivity index (χ0v) is 10.8. The lowest BCUT2D eigenvalue weighted by atomic mass is 10.2. The van der Waals surface area contributed by atoms with Gasteiger partial charge in [0.05, 0.1) is 11.9 Å². The highest BCUT2D eigenvalue weighted by Gasteiger charge is 2.08. The number of hydrogen-bond donors (Lipinski definition) is 3.